The van der Waals surface area contributed by atoms with E-state index in [9.17, 15) is 0 Å². The number of hydrogen-bond acceptors (Lipinski definition) is 3. The Morgan fingerprint density at radius 2 is 1.17 bits per heavy atom. The molecule has 0 bridgehead atoms. The Hall–Kier alpha value is 1.80. The average Bonchev–Trinajstić information content (AvgIpc) is 0.811. The van der Waals surface area contributed by atoms with Gasteiger partial charge in [-0.2, -0.15) is 0 Å². The fourth-order valence-electron chi connectivity index (χ4n) is 0. The molecular formula is Li2O3Zr. The second-order valence-corrected chi connectivity index (χ2v) is 1.48. The third-order valence-electron chi connectivity index (χ3n) is 0. The van der Waals surface area contributed by atoms with E-state index in [1.807, 2.05) is 0 Å². The Bertz CT molecular complexity index is 31.8. The normalized spacial score (nSPS) is 4.33. The molecule has 0 aliphatic carbocycles. The fraction of sp³-hybridized carbons (Fsp3) is 0. The van der Waals surface area contributed by atoms with Gasteiger partial charge in [-0.1, -0.05) is 0 Å². The summed E-state index contributed by atoms with van der Waals surface area (Å²) < 4.78 is 25.8. The van der Waals surface area contributed by atoms with Gasteiger partial charge in [0.15, 0.2) is 0 Å². The van der Waals surface area contributed by atoms with E-state index >= 15 is 0 Å². The van der Waals surface area contributed by atoms with Crippen LogP contribution in [0.25, 0.3) is 0 Å². The van der Waals surface area contributed by atoms with Crippen molar-refractivity contribution in [3.63, 3.8) is 0 Å². The van der Waals surface area contributed by atoms with Gasteiger partial charge >= 0.3 is 69.5 Å². The molecule has 24 valence electrons. The van der Waals surface area contributed by atoms with Crippen molar-refractivity contribution in [3.8, 4) is 0 Å². The molecule has 0 saturated heterocycles. The predicted octanol–water partition coefficient (Wildman–Crippen LogP) is -8.49. The minimum absolute atomic E-state index is 0. The first-order valence-electron chi connectivity index (χ1n) is 0.612. The first kappa shape index (κ1) is 15.7. The van der Waals surface area contributed by atoms with Crippen molar-refractivity contribution in [1.29, 1.82) is 0 Å². The first-order chi connectivity index (χ1) is 1.73. The molecular weight excluding hydrogens is 153 g/mol. The Balaban J connectivity index is -0.0000000450. The minimum atomic E-state index is -4.29. The van der Waals surface area contributed by atoms with Crippen molar-refractivity contribution in [1.82, 2.24) is 0 Å². The van der Waals surface area contributed by atoms with E-state index in [0.29, 0.717) is 0 Å². The van der Waals surface area contributed by atoms with Gasteiger partial charge in [-0.05, 0) is 0 Å². The van der Waals surface area contributed by atoms with Gasteiger partial charge in [0.25, 0.3) is 0 Å². The summed E-state index contributed by atoms with van der Waals surface area (Å²) in [4.78, 5) is 0. The molecule has 0 aliphatic rings. The van der Waals surface area contributed by atoms with E-state index in [2.05, 4.69) is 0 Å². The van der Waals surface area contributed by atoms with Gasteiger partial charge in [0.2, 0.25) is 0 Å². The molecule has 0 unspecified atom stereocenters. The molecule has 0 radical (unpaired) electrons. The van der Waals surface area contributed by atoms with Crippen molar-refractivity contribution in [2.45, 2.75) is 0 Å². The first-order valence-corrected chi connectivity index (χ1v) is 3.62. The summed E-state index contributed by atoms with van der Waals surface area (Å²) in [6.07, 6.45) is 0. The van der Waals surface area contributed by atoms with E-state index < -0.39 is 22.6 Å². The fourth-order valence-corrected chi connectivity index (χ4v) is 0. The molecule has 0 aromatic carbocycles. The van der Waals surface area contributed by atoms with Crippen LogP contribution in [-0.2, 0) is 25.4 Å². The zero-order chi connectivity index (χ0) is 3.58. The summed E-state index contributed by atoms with van der Waals surface area (Å²) in [6, 6.07) is 0. The van der Waals surface area contributed by atoms with Crippen LogP contribution in [0.4, 0.5) is 0 Å². The van der Waals surface area contributed by atoms with Gasteiger partial charge in [-0.25, -0.2) is 0 Å². The van der Waals surface area contributed by atoms with E-state index in [1.54, 1.807) is 0 Å². The standard InChI is InChI=1S/2Li.3O.Zr/q2*+1;;2*-1;. The molecule has 0 amide bonds. The third-order valence-corrected chi connectivity index (χ3v) is 0. The Morgan fingerprint density at radius 1 is 1.17 bits per heavy atom. The molecule has 0 fully saturated rings. The van der Waals surface area contributed by atoms with Crippen LogP contribution in [0.1, 0.15) is 0 Å². The monoisotopic (exact) mass is 152 g/mol. The van der Waals surface area contributed by atoms with Gasteiger partial charge < -0.3 is 0 Å². The van der Waals surface area contributed by atoms with Gasteiger partial charge in [0.05, 0.1) is 0 Å². The summed E-state index contributed by atoms with van der Waals surface area (Å²) in [7, 11) is 0. The van der Waals surface area contributed by atoms with Gasteiger partial charge in [0.1, 0.15) is 0 Å². The average molecular weight is 153 g/mol. The summed E-state index contributed by atoms with van der Waals surface area (Å²) in [5, 5.41) is 0. The molecule has 0 rings (SSSR count). The van der Waals surface area contributed by atoms with E-state index in [1.165, 1.54) is 0 Å². The van der Waals surface area contributed by atoms with Crippen LogP contribution in [0.15, 0.2) is 0 Å². The van der Waals surface area contributed by atoms with E-state index in [-0.39, 0.29) is 37.7 Å². The van der Waals surface area contributed by atoms with Crippen molar-refractivity contribution in [3.05, 3.63) is 0 Å². The third kappa shape index (κ3) is 41.3. The summed E-state index contributed by atoms with van der Waals surface area (Å²) in [6.45, 7) is 0. The molecule has 0 aliphatic heterocycles. The molecule has 0 spiro atoms. The molecule has 0 aromatic heterocycles. The van der Waals surface area contributed by atoms with Gasteiger partial charge in [-0.3, -0.25) is 0 Å². The number of rotatable bonds is 0. The second kappa shape index (κ2) is 9.93. The van der Waals surface area contributed by atoms with Crippen LogP contribution in [0.2, 0.25) is 0 Å². The maximum atomic E-state index is 8.61. The van der Waals surface area contributed by atoms with Crippen LogP contribution in [0.5, 0.6) is 0 Å². The number of hydrogen-bond donors (Lipinski definition) is 0. The second-order valence-electron chi connectivity index (χ2n) is 0.250. The quantitative estimate of drug-likeness (QED) is 0.325. The van der Waals surface area contributed by atoms with Crippen LogP contribution >= 0.6 is 0 Å². The van der Waals surface area contributed by atoms with E-state index in [4.69, 9.17) is 9.18 Å². The molecule has 3 nitrogen and oxygen atoms in total. The van der Waals surface area contributed by atoms with Gasteiger partial charge in [-0.15, -0.1) is 0 Å². The van der Waals surface area contributed by atoms with Crippen molar-refractivity contribution >= 4 is 0 Å². The Morgan fingerprint density at radius 3 is 1.17 bits per heavy atom. The van der Waals surface area contributed by atoms with E-state index in [0.717, 1.165) is 0 Å². The van der Waals surface area contributed by atoms with Crippen LogP contribution < -0.4 is 44.1 Å². The molecule has 0 atom stereocenters. The zero-order valence-corrected chi connectivity index (χ0v) is 6.18. The molecule has 0 N–H and O–H groups in total. The zero-order valence-electron chi connectivity index (χ0n) is 3.72. The van der Waals surface area contributed by atoms with Crippen molar-refractivity contribution in [2.75, 3.05) is 0 Å². The van der Waals surface area contributed by atoms with Crippen molar-refractivity contribution < 1.29 is 69.5 Å². The van der Waals surface area contributed by atoms with Crippen LogP contribution in [0, 0.1) is 0 Å². The molecule has 6 heavy (non-hydrogen) atoms. The maximum absolute atomic E-state index is 8.61. The molecule has 0 aromatic rings. The molecule has 0 saturated carbocycles. The summed E-state index contributed by atoms with van der Waals surface area (Å²) >= 11 is -4.29. The Labute approximate surface area is 68.8 Å². The molecule has 0 heterocycles. The molecule has 6 heteroatoms. The topological polar surface area (TPSA) is 63.2 Å². The SMILES string of the molecule is [Li+].[Li+].[O]=[Zr]([O-])[O-]. The van der Waals surface area contributed by atoms with Crippen molar-refractivity contribution in [2.24, 2.45) is 0 Å². The van der Waals surface area contributed by atoms with Gasteiger partial charge in [0, 0.05) is 0 Å². The summed E-state index contributed by atoms with van der Waals surface area (Å²) in [5.41, 5.74) is 0. The van der Waals surface area contributed by atoms with Crippen LogP contribution in [0.3, 0.4) is 0 Å². The predicted molar refractivity (Wildman–Crippen MR) is 0.686 cm³/mol. The summed E-state index contributed by atoms with van der Waals surface area (Å²) in [5.74, 6) is 0. The Kier molecular flexibility index (Phi) is 25.9. The van der Waals surface area contributed by atoms with Crippen LogP contribution in [-0.4, -0.2) is 0 Å².